The number of aryl methyl sites for hydroxylation is 1. The molecule has 1 aromatic carbocycles. The van der Waals surface area contributed by atoms with Crippen LogP contribution in [-0.2, 0) is 12.0 Å². The highest BCUT2D eigenvalue weighted by Crippen LogP contribution is 2.40. The zero-order valence-electron chi connectivity index (χ0n) is 15.8. The number of aliphatic imine (C=N–C) groups is 1. The summed E-state index contributed by atoms with van der Waals surface area (Å²) in [7, 11) is 1.79. The van der Waals surface area contributed by atoms with Gasteiger partial charge in [0, 0.05) is 44.5 Å². The first-order chi connectivity index (χ1) is 12.7. The van der Waals surface area contributed by atoms with E-state index in [9.17, 15) is 4.39 Å². The largest absolute Gasteiger partial charge is 0.356 e. The Kier molecular flexibility index (Phi) is 8.53. The molecule has 0 aliphatic heterocycles. The van der Waals surface area contributed by atoms with Crippen LogP contribution < -0.4 is 10.6 Å². The molecule has 1 fully saturated rings. The van der Waals surface area contributed by atoms with Crippen molar-refractivity contribution in [1.29, 1.82) is 0 Å². The molecular formula is C20H29FIN5. The fraction of sp³-hybridized carbons (Fsp3) is 0.500. The summed E-state index contributed by atoms with van der Waals surface area (Å²) in [6, 6.07) is 8.94. The molecule has 3 rings (SSSR count). The fourth-order valence-electron chi connectivity index (χ4n) is 3.78. The number of guanidine groups is 1. The molecule has 1 aliphatic carbocycles. The molecule has 0 saturated heterocycles. The van der Waals surface area contributed by atoms with Gasteiger partial charge in [0.15, 0.2) is 5.96 Å². The summed E-state index contributed by atoms with van der Waals surface area (Å²) in [5.74, 6) is 0.642. The first-order valence-corrected chi connectivity index (χ1v) is 9.40. The zero-order valence-corrected chi connectivity index (χ0v) is 18.2. The smallest absolute Gasteiger partial charge is 0.191 e. The average Bonchev–Trinajstić information content (AvgIpc) is 3.34. The fourth-order valence-corrected chi connectivity index (χ4v) is 3.78. The number of hydrogen-bond donors (Lipinski definition) is 2. The van der Waals surface area contributed by atoms with E-state index in [4.69, 9.17) is 0 Å². The van der Waals surface area contributed by atoms with Crippen LogP contribution in [0.3, 0.4) is 0 Å². The Hall–Kier alpha value is -1.64. The summed E-state index contributed by atoms with van der Waals surface area (Å²) >= 11 is 0. The summed E-state index contributed by atoms with van der Waals surface area (Å²) < 4.78 is 15.2. The van der Waals surface area contributed by atoms with Crippen molar-refractivity contribution in [2.45, 2.75) is 44.1 Å². The van der Waals surface area contributed by atoms with E-state index in [1.54, 1.807) is 25.4 Å². The Bertz CT molecular complexity index is 694. The molecule has 1 aromatic heterocycles. The molecule has 1 heterocycles. The lowest BCUT2D eigenvalue weighted by Crippen LogP contribution is -2.45. The second kappa shape index (κ2) is 10.6. The van der Waals surface area contributed by atoms with Crippen molar-refractivity contribution in [3.05, 3.63) is 54.1 Å². The van der Waals surface area contributed by atoms with Crippen molar-refractivity contribution in [2.75, 3.05) is 20.1 Å². The van der Waals surface area contributed by atoms with E-state index in [1.165, 1.54) is 18.4 Å². The maximum absolute atomic E-state index is 13.3. The lowest BCUT2D eigenvalue weighted by Gasteiger charge is -2.31. The van der Waals surface area contributed by atoms with Gasteiger partial charge in [-0.25, -0.2) is 4.39 Å². The van der Waals surface area contributed by atoms with Crippen LogP contribution in [0.1, 0.15) is 37.7 Å². The lowest BCUT2D eigenvalue weighted by molar-refractivity contribution is 0.430. The number of benzene rings is 1. The Balaban J connectivity index is 0.00000261. The Morgan fingerprint density at radius 1 is 1.22 bits per heavy atom. The van der Waals surface area contributed by atoms with Crippen LogP contribution in [0.25, 0.3) is 0 Å². The number of halogens is 2. The molecular weight excluding hydrogens is 456 g/mol. The van der Waals surface area contributed by atoms with Gasteiger partial charge in [-0.1, -0.05) is 25.0 Å². The average molecular weight is 485 g/mol. The molecule has 1 aliphatic rings. The van der Waals surface area contributed by atoms with Crippen LogP contribution in [0.5, 0.6) is 0 Å². The van der Waals surface area contributed by atoms with Gasteiger partial charge in [0.05, 0.1) is 0 Å². The number of rotatable bonds is 7. The minimum Gasteiger partial charge on any atom is -0.356 e. The Morgan fingerprint density at radius 3 is 2.59 bits per heavy atom. The summed E-state index contributed by atoms with van der Waals surface area (Å²) in [6.45, 7) is 2.54. The van der Waals surface area contributed by atoms with E-state index in [0.29, 0.717) is 0 Å². The molecule has 27 heavy (non-hydrogen) atoms. The SMILES string of the molecule is CN=C(NCCCn1cccn1)NCC1(c2ccc(F)cc2)CCCC1.I. The molecule has 0 unspecified atom stereocenters. The van der Waals surface area contributed by atoms with Gasteiger partial charge in [-0.3, -0.25) is 9.67 Å². The van der Waals surface area contributed by atoms with Crippen LogP contribution >= 0.6 is 24.0 Å². The second-order valence-corrected chi connectivity index (χ2v) is 6.97. The molecule has 7 heteroatoms. The molecule has 2 N–H and O–H groups in total. The summed E-state index contributed by atoms with van der Waals surface area (Å²) in [5.41, 5.74) is 1.29. The van der Waals surface area contributed by atoms with Gasteiger partial charge in [-0.05, 0) is 43.0 Å². The highest BCUT2D eigenvalue weighted by Gasteiger charge is 2.35. The number of nitrogens with zero attached hydrogens (tertiary/aromatic N) is 3. The van der Waals surface area contributed by atoms with Crippen LogP contribution in [0.4, 0.5) is 4.39 Å². The third kappa shape index (κ3) is 5.92. The normalized spacial score (nSPS) is 16.0. The molecule has 0 atom stereocenters. The minimum atomic E-state index is -0.176. The molecule has 0 amide bonds. The van der Waals surface area contributed by atoms with Gasteiger partial charge in [-0.2, -0.15) is 5.10 Å². The maximum atomic E-state index is 13.3. The van der Waals surface area contributed by atoms with Crippen molar-refractivity contribution in [3.8, 4) is 0 Å². The number of nitrogens with one attached hydrogen (secondary N) is 2. The molecule has 0 radical (unpaired) electrons. The topological polar surface area (TPSA) is 54.2 Å². The van der Waals surface area contributed by atoms with E-state index in [1.807, 2.05) is 29.1 Å². The summed E-state index contributed by atoms with van der Waals surface area (Å²) in [6.07, 6.45) is 9.43. The highest BCUT2D eigenvalue weighted by atomic mass is 127. The molecule has 5 nitrogen and oxygen atoms in total. The van der Waals surface area contributed by atoms with Crippen molar-refractivity contribution in [3.63, 3.8) is 0 Å². The standard InChI is InChI=1S/C20H28FN5.HI/c1-22-19(23-12-4-14-26-15-5-13-25-26)24-16-20(10-2-3-11-20)17-6-8-18(21)9-7-17;/h5-9,13,15H,2-4,10-12,14,16H2,1H3,(H2,22,23,24);1H. The second-order valence-electron chi connectivity index (χ2n) is 6.97. The number of aromatic nitrogens is 2. The maximum Gasteiger partial charge on any atom is 0.191 e. The quantitative estimate of drug-likeness (QED) is 0.272. The zero-order chi connectivity index (χ0) is 18.2. The molecule has 2 aromatic rings. The van der Waals surface area contributed by atoms with E-state index in [2.05, 4.69) is 20.7 Å². The highest BCUT2D eigenvalue weighted by molar-refractivity contribution is 14.0. The molecule has 1 saturated carbocycles. The van der Waals surface area contributed by atoms with Crippen LogP contribution in [0.15, 0.2) is 47.7 Å². The first kappa shape index (κ1) is 21.7. The third-order valence-corrected chi connectivity index (χ3v) is 5.25. The van der Waals surface area contributed by atoms with Gasteiger partial charge in [0.25, 0.3) is 0 Å². The first-order valence-electron chi connectivity index (χ1n) is 9.40. The van der Waals surface area contributed by atoms with Crippen molar-refractivity contribution in [2.24, 2.45) is 4.99 Å². The third-order valence-electron chi connectivity index (χ3n) is 5.25. The van der Waals surface area contributed by atoms with E-state index >= 15 is 0 Å². The van der Waals surface area contributed by atoms with E-state index < -0.39 is 0 Å². The molecule has 0 spiro atoms. The van der Waals surface area contributed by atoms with Gasteiger partial charge in [-0.15, -0.1) is 24.0 Å². The summed E-state index contributed by atoms with van der Waals surface area (Å²) in [5, 5.41) is 11.1. The van der Waals surface area contributed by atoms with Crippen LogP contribution in [0, 0.1) is 5.82 Å². The predicted molar refractivity (Wildman–Crippen MR) is 118 cm³/mol. The van der Waals surface area contributed by atoms with Gasteiger partial charge in [0.2, 0.25) is 0 Å². The van der Waals surface area contributed by atoms with Crippen LogP contribution in [0.2, 0.25) is 0 Å². The predicted octanol–water partition coefficient (Wildman–Crippen LogP) is 3.71. The lowest BCUT2D eigenvalue weighted by atomic mass is 9.79. The molecule has 0 bridgehead atoms. The monoisotopic (exact) mass is 485 g/mol. The van der Waals surface area contributed by atoms with Crippen molar-refractivity contribution in [1.82, 2.24) is 20.4 Å². The summed E-state index contributed by atoms with van der Waals surface area (Å²) in [4.78, 5) is 4.33. The van der Waals surface area contributed by atoms with Crippen LogP contribution in [-0.4, -0.2) is 35.9 Å². The van der Waals surface area contributed by atoms with Gasteiger partial charge >= 0.3 is 0 Å². The Labute approximate surface area is 177 Å². The van der Waals surface area contributed by atoms with Gasteiger partial charge in [0.1, 0.15) is 5.82 Å². The van der Waals surface area contributed by atoms with Crippen molar-refractivity contribution >= 4 is 29.9 Å². The van der Waals surface area contributed by atoms with E-state index in [0.717, 1.165) is 44.9 Å². The Morgan fingerprint density at radius 2 is 1.96 bits per heavy atom. The minimum absolute atomic E-state index is 0. The number of hydrogen-bond acceptors (Lipinski definition) is 2. The van der Waals surface area contributed by atoms with Crippen molar-refractivity contribution < 1.29 is 4.39 Å². The van der Waals surface area contributed by atoms with Gasteiger partial charge < -0.3 is 10.6 Å². The van der Waals surface area contributed by atoms with E-state index in [-0.39, 0.29) is 35.2 Å². The molecule has 148 valence electrons.